The highest BCUT2D eigenvalue weighted by molar-refractivity contribution is 7.89. The van der Waals surface area contributed by atoms with E-state index in [0.717, 1.165) is 4.31 Å². The molecule has 1 N–H and O–H groups in total. The maximum atomic E-state index is 13.3. The van der Waals surface area contributed by atoms with Crippen LogP contribution in [0.3, 0.4) is 0 Å². The van der Waals surface area contributed by atoms with Gasteiger partial charge in [0.15, 0.2) is 11.5 Å². The molecule has 1 amide bonds. The summed E-state index contributed by atoms with van der Waals surface area (Å²) in [4.78, 5) is 12.7. The second-order valence-electron chi connectivity index (χ2n) is 7.52. The molecule has 0 radical (unpaired) electrons. The summed E-state index contributed by atoms with van der Waals surface area (Å²) in [5.41, 5.74) is 3.49. The number of nitrogens with one attached hydrogen (secondary N) is 1. The number of rotatable bonds is 12. The van der Waals surface area contributed by atoms with Crippen molar-refractivity contribution >= 4 is 22.1 Å². The number of halogens is 1. The van der Waals surface area contributed by atoms with Crippen LogP contribution in [0.5, 0.6) is 11.5 Å². The Morgan fingerprint density at radius 2 is 1.81 bits per heavy atom. The first-order valence-corrected chi connectivity index (χ1v) is 12.3. The molecule has 8 nitrogen and oxygen atoms in total. The lowest BCUT2D eigenvalue weighted by molar-refractivity contribution is -0.121. The Balaban J connectivity index is 1.73. The van der Waals surface area contributed by atoms with Crippen LogP contribution in [-0.4, -0.2) is 45.1 Å². The highest BCUT2D eigenvalue weighted by Gasteiger charge is 2.26. The number of hydrazone groups is 1. The van der Waals surface area contributed by atoms with Gasteiger partial charge in [0.05, 0.1) is 24.8 Å². The minimum Gasteiger partial charge on any atom is -0.493 e. The van der Waals surface area contributed by atoms with Crippen LogP contribution < -0.4 is 14.9 Å². The number of ether oxygens (including phenoxy) is 2. The lowest BCUT2D eigenvalue weighted by Gasteiger charge is -2.21. The third-order valence-electron chi connectivity index (χ3n) is 4.92. The van der Waals surface area contributed by atoms with Crippen molar-refractivity contribution in [3.05, 3.63) is 102 Å². The van der Waals surface area contributed by atoms with E-state index < -0.39 is 28.3 Å². The predicted molar refractivity (Wildman–Crippen MR) is 135 cm³/mol. The van der Waals surface area contributed by atoms with Crippen LogP contribution in [0.1, 0.15) is 11.1 Å². The summed E-state index contributed by atoms with van der Waals surface area (Å²) in [5, 5.41) is 3.93. The van der Waals surface area contributed by atoms with Gasteiger partial charge in [-0.1, -0.05) is 43.0 Å². The average molecular weight is 512 g/mol. The van der Waals surface area contributed by atoms with Crippen molar-refractivity contribution < 1.29 is 27.1 Å². The monoisotopic (exact) mass is 511 g/mol. The summed E-state index contributed by atoms with van der Waals surface area (Å²) >= 11 is 0. The van der Waals surface area contributed by atoms with Crippen molar-refractivity contribution in [3.63, 3.8) is 0 Å². The summed E-state index contributed by atoms with van der Waals surface area (Å²) < 4.78 is 51.5. The molecule has 36 heavy (non-hydrogen) atoms. The number of sulfonamides is 1. The first kappa shape index (κ1) is 26.6. The minimum atomic E-state index is -4.01. The fourth-order valence-corrected chi connectivity index (χ4v) is 4.57. The van der Waals surface area contributed by atoms with Gasteiger partial charge in [0.25, 0.3) is 5.91 Å². The Morgan fingerprint density at radius 1 is 1.08 bits per heavy atom. The summed E-state index contributed by atoms with van der Waals surface area (Å²) in [7, 11) is -2.51. The molecule has 0 aliphatic carbocycles. The summed E-state index contributed by atoms with van der Waals surface area (Å²) in [6.45, 7) is 3.30. The fraction of sp³-hybridized carbons (Fsp3) is 0.154. The molecule has 0 fully saturated rings. The summed E-state index contributed by atoms with van der Waals surface area (Å²) in [5.74, 6) is -0.0845. The Bertz CT molecular complexity index is 1310. The van der Waals surface area contributed by atoms with Gasteiger partial charge >= 0.3 is 0 Å². The molecule has 0 spiro atoms. The van der Waals surface area contributed by atoms with Crippen molar-refractivity contribution in [3.8, 4) is 11.5 Å². The second-order valence-corrected chi connectivity index (χ2v) is 9.45. The zero-order valence-corrected chi connectivity index (χ0v) is 20.4. The predicted octanol–water partition coefficient (Wildman–Crippen LogP) is 3.74. The molecular formula is C26H26FN3O5S. The van der Waals surface area contributed by atoms with Crippen molar-refractivity contribution in [1.29, 1.82) is 0 Å². The van der Waals surface area contributed by atoms with Gasteiger partial charge in [0.2, 0.25) is 10.0 Å². The maximum Gasteiger partial charge on any atom is 0.255 e. The molecule has 0 aliphatic heterocycles. The first-order valence-electron chi connectivity index (χ1n) is 10.9. The van der Waals surface area contributed by atoms with Crippen molar-refractivity contribution in [2.75, 3.05) is 20.3 Å². The molecule has 0 aliphatic rings. The highest BCUT2D eigenvalue weighted by atomic mass is 32.2. The van der Waals surface area contributed by atoms with Gasteiger partial charge in [0.1, 0.15) is 12.4 Å². The van der Waals surface area contributed by atoms with Gasteiger partial charge in [0, 0.05) is 6.54 Å². The average Bonchev–Trinajstić information content (AvgIpc) is 2.89. The van der Waals surface area contributed by atoms with E-state index in [2.05, 4.69) is 17.1 Å². The summed E-state index contributed by atoms with van der Waals surface area (Å²) in [6.07, 6.45) is 3.01. The van der Waals surface area contributed by atoms with Crippen LogP contribution in [0.15, 0.2) is 95.4 Å². The molecule has 188 valence electrons. The number of carbonyl (C=O) groups excluding carboxylic acids is 1. The zero-order chi connectivity index (χ0) is 26.0. The Labute approximate surface area is 209 Å². The standard InChI is InChI=1S/C26H26FN3O5S/c1-3-15-35-24-14-11-21(16-25(24)34-2)17-28-29-26(31)19-30(18-20-9-12-22(27)13-10-20)36(32,33)23-7-5-4-6-8-23/h3-14,16-17H,1,15,18-19H2,2H3,(H,29,31)/b28-17-. The van der Waals surface area contributed by atoms with Crippen molar-refractivity contribution in [2.45, 2.75) is 11.4 Å². The highest BCUT2D eigenvalue weighted by Crippen LogP contribution is 2.27. The normalized spacial score (nSPS) is 11.4. The Kier molecular flexibility index (Phi) is 9.32. The van der Waals surface area contributed by atoms with E-state index in [1.807, 2.05) is 0 Å². The number of hydrogen-bond donors (Lipinski definition) is 1. The second kappa shape index (κ2) is 12.6. The lowest BCUT2D eigenvalue weighted by Crippen LogP contribution is -2.39. The number of hydrogen-bond acceptors (Lipinski definition) is 6. The number of benzene rings is 3. The van der Waals surface area contributed by atoms with E-state index in [9.17, 15) is 17.6 Å². The minimum absolute atomic E-state index is 0.0364. The van der Waals surface area contributed by atoms with Crippen molar-refractivity contribution in [2.24, 2.45) is 5.10 Å². The van der Waals surface area contributed by atoms with Crippen LogP contribution in [0.2, 0.25) is 0 Å². The molecule has 0 atom stereocenters. The van der Waals surface area contributed by atoms with E-state index in [1.165, 1.54) is 49.7 Å². The van der Waals surface area contributed by atoms with Crippen molar-refractivity contribution in [1.82, 2.24) is 9.73 Å². The molecule has 10 heteroatoms. The van der Waals surface area contributed by atoms with Gasteiger partial charge in [-0.05, 0) is 53.6 Å². The van der Waals surface area contributed by atoms with Crippen LogP contribution in [0.25, 0.3) is 0 Å². The molecule has 3 rings (SSSR count). The van der Waals surface area contributed by atoms with Crippen LogP contribution in [0, 0.1) is 5.82 Å². The van der Waals surface area contributed by atoms with Gasteiger partial charge in [-0.25, -0.2) is 18.2 Å². The molecular weight excluding hydrogens is 485 g/mol. The topological polar surface area (TPSA) is 97.3 Å². The SMILES string of the molecule is C=CCOc1ccc(/C=N\NC(=O)CN(Cc2ccc(F)cc2)S(=O)(=O)c2ccccc2)cc1OC. The number of nitrogens with zero attached hydrogens (tertiary/aromatic N) is 2. The smallest absolute Gasteiger partial charge is 0.255 e. The molecule has 0 aromatic heterocycles. The fourth-order valence-electron chi connectivity index (χ4n) is 3.17. The van der Waals surface area contributed by atoms with Crippen LogP contribution in [-0.2, 0) is 21.4 Å². The Morgan fingerprint density at radius 3 is 2.47 bits per heavy atom. The van der Waals surface area contributed by atoms with Crippen LogP contribution in [0.4, 0.5) is 4.39 Å². The third-order valence-corrected chi connectivity index (χ3v) is 6.73. The van der Waals surface area contributed by atoms with Crippen LogP contribution >= 0.6 is 0 Å². The van der Waals surface area contributed by atoms with Gasteiger partial charge < -0.3 is 9.47 Å². The Hall–Kier alpha value is -4.02. The quantitative estimate of drug-likeness (QED) is 0.227. The number of amides is 1. The molecule has 0 heterocycles. The van der Waals surface area contributed by atoms with E-state index in [-0.39, 0.29) is 11.4 Å². The third kappa shape index (κ3) is 7.24. The molecule has 0 saturated carbocycles. The van der Waals surface area contributed by atoms with E-state index in [1.54, 1.807) is 42.5 Å². The van der Waals surface area contributed by atoms with E-state index in [0.29, 0.717) is 29.2 Å². The lowest BCUT2D eigenvalue weighted by atomic mass is 10.2. The molecule has 0 unspecified atom stereocenters. The number of methoxy groups -OCH3 is 1. The van der Waals surface area contributed by atoms with Gasteiger partial charge in [-0.2, -0.15) is 9.41 Å². The number of carbonyl (C=O) groups is 1. The van der Waals surface area contributed by atoms with E-state index >= 15 is 0 Å². The summed E-state index contributed by atoms with van der Waals surface area (Å²) in [6, 6.07) is 18.3. The molecule has 3 aromatic carbocycles. The molecule has 0 bridgehead atoms. The first-order chi connectivity index (χ1) is 17.3. The van der Waals surface area contributed by atoms with Gasteiger partial charge in [-0.3, -0.25) is 4.79 Å². The van der Waals surface area contributed by atoms with E-state index in [4.69, 9.17) is 9.47 Å². The zero-order valence-electron chi connectivity index (χ0n) is 19.6. The van der Waals surface area contributed by atoms with Gasteiger partial charge in [-0.15, -0.1) is 0 Å². The molecule has 0 saturated heterocycles. The largest absolute Gasteiger partial charge is 0.493 e. The molecule has 3 aromatic rings. The maximum absolute atomic E-state index is 13.3.